The van der Waals surface area contributed by atoms with E-state index in [0.717, 1.165) is 6.54 Å². The highest BCUT2D eigenvalue weighted by Gasteiger charge is 2.26. The molecule has 2 heterocycles. The van der Waals surface area contributed by atoms with Crippen LogP contribution in [0.1, 0.15) is 46.6 Å². The van der Waals surface area contributed by atoms with Crippen molar-refractivity contribution in [3.8, 4) is 0 Å². The molecule has 1 aromatic heterocycles. The first kappa shape index (κ1) is 11.6. The molecular weight excluding hydrogens is 252 g/mol. The molecule has 1 aliphatic heterocycles. The molecule has 1 aromatic carbocycles. The van der Waals surface area contributed by atoms with E-state index in [-0.39, 0.29) is 0 Å². The maximum Gasteiger partial charge on any atom is 0.0966 e. The van der Waals surface area contributed by atoms with Crippen LogP contribution in [0.2, 0.25) is 0 Å². The molecule has 1 unspecified atom stereocenters. The van der Waals surface area contributed by atoms with Gasteiger partial charge in [0.2, 0.25) is 0 Å². The van der Waals surface area contributed by atoms with Gasteiger partial charge in [0, 0.05) is 11.3 Å². The van der Waals surface area contributed by atoms with Gasteiger partial charge in [0.15, 0.2) is 0 Å². The molecule has 2 nitrogen and oxygen atoms in total. The molecule has 2 aliphatic rings. The Hall–Kier alpha value is -1.19. The Morgan fingerprint density at radius 3 is 2.63 bits per heavy atom. The van der Waals surface area contributed by atoms with E-state index in [1.165, 1.54) is 47.5 Å². The van der Waals surface area contributed by atoms with Gasteiger partial charge in [-0.1, -0.05) is 24.3 Å². The SMILES string of the molecule is c1ccc2c(c1)CC(c1nc(C3CCCN3)cs1)C2. The molecular formula is C16H18N2S. The Bertz CT molecular complexity index is 559. The molecule has 0 bridgehead atoms. The number of benzene rings is 1. The molecule has 3 heteroatoms. The molecule has 1 saturated heterocycles. The molecule has 1 atom stereocenters. The Balaban J connectivity index is 1.55. The van der Waals surface area contributed by atoms with Crippen molar-refractivity contribution in [3.05, 3.63) is 51.5 Å². The van der Waals surface area contributed by atoms with Crippen molar-refractivity contribution in [1.29, 1.82) is 0 Å². The van der Waals surface area contributed by atoms with E-state index in [1.54, 1.807) is 0 Å². The topological polar surface area (TPSA) is 24.9 Å². The number of fused-ring (bicyclic) bond motifs is 1. The zero-order valence-corrected chi connectivity index (χ0v) is 11.7. The monoisotopic (exact) mass is 270 g/mol. The summed E-state index contributed by atoms with van der Waals surface area (Å²) < 4.78 is 0. The summed E-state index contributed by atoms with van der Waals surface area (Å²) in [5.74, 6) is 0.609. The summed E-state index contributed by atoms with van der Waals surface area (Å²) in [4.78, 5) is 4.91. The number of hydrogen-bond donors (Lipinski definition) is 1. The molecule has 4 rings (SSSR count). The smallest absolute Gasteiger partial charge is 0.0966 e. The van der Waals surface area contributed by atoms with E-state index in [4.69, 9.17) is 4.98 Å². The highest BCUT2D eigenvalue weighted by molar-refractivity contribution is 7.09. The first-order chi connectivity index (χ1) is 9.40. The lowest BCUT2D eigenvalue weighted by Crippen LogP contribution is -2.13. The van der Waals surface area contributed by atoms with Gasteiger partial charge in [-0.15, -0.1) is 11.3 Å². The number of nitrogens with one attached hydrogen (secondary N) is 1. The van der Waals surface area contributed by atoms with Crippen LogP contribution >= 0.6 is 11.3 Å². The summed E-state index contributed by atoms with van der Waals surface area (Å²) in [5, 5.41) is 7.14. The third kappa shape index (κ3) is 2.11. The van der Waals surface area contributed by atoms with Gasteiger partial charge >= 0.3 is 0 Å². The third-order valence-corrected chi connectivity index (χ3v) is 5.38. The fourth-order valence-electron chi connectivity index (χ4n) is 3.32. The average Bonchev–Trinajstić information content (AvgIpc) is 3.17. The predicted molar refractivity (Wildman–Crippen MR) is 78.7 cm³/mol. The Morgan fingerprint density at radius 2 is 1.95 bits per heavy atom. The summed E-state index contributed by atoms with van der Waals surface area (Å²) in [7, 11) is 0. The molecule has 0 radical (unpaired) electrons. The van der Waals surface area contributed by atoms with Crippen LogP contribution in [0.15, 0.2) is 29.6 Å². The molecule has 0 saturated carbocycles. The van der Waals surface area contributed by atoms with Crippen LogP contribution in [0.3, 0.4) is 0 Å². The molecule has 1 fully saturated rings. The molecule has 19 heavy (non-hydrogen) atoms. The zero-order valence-electron chi connectivity index (χ0n) is 10.9. The fourth-order valence-corrected chi connectivity index (χ4v) is 4.29. The fraction of sp³-hybridized carbons (Fsp3) is 0.438. The summed E-state index contributed by atoms with van der Waals surface area (Å²) in [6.45, 7) is 1.15. The molecule has 1 aliphatic carbocycles. The van der Waals surface area contributed by atoms with E-state index < -0.39 is 0 Å². The molecule has 98 valence electrons. The minimum Gasteiger partial charge on any atom is -0.309 e. The van der Waals surface area contributed by atoms with Crippen LogP contribution in [0, 0.1) is 0 Å². The standard InChI is InChI=1S/C16H18N2S/c1-2-5-12-9-13(8-11(12)4-1)16-18-15(10-19-16)14-6-3-7-17-14/h1-2,4-5,10,13-14,17H,3,6-9H2. The second kappa shape index (κ2) is 4.73. The van der Waals surface area contributed by atoms with E-state index in [2.05, 4.69) is 35.0 Å². The Kier molecular flexibility index (Phi) is 2.89. The number of nitrogens with zero attached hydrogens (tertiary/aromatic N) is 1. The second-order valence-corrected chi connectivity index (χ2v) is 6.52. The first-order valence-electron chi connectivity index (χ1n) is 7.15. The van der Waals surface area contributed by atoms with Gasteiger partial charge in [-0.25, -0.2) is 4.98 Å². The van der Waals surface area contributed by atoms with Crippen molar-refractivity contribution in [2.24, 2.45) is 0 Å². The van der Waals surface area contributed by atoms with Gasteiger partial charge in [-0.2, -0.15) is 0 Å². The zero-order chi connectivity index (χ0) is 12.7. The van der Waals surface area contributed by atoms with Crippen molar-refractivity contribution < 1.29 is 0 Å². The predicted octanol–water partition coefficient (Wildman–Crippen LogP) is 3.45. The highest BCUT2D eigenvalue weighted by atomic mass is 32.1. The quantitative estimate of drug-likeness (QED) is 0.904. The average molecular weight is 270 g/mol. The largest absolute Gasteiger partial charge is 0.309 e. The van der Waals surface area contributed by atoms with Crippen molar-refractivity contribution in [2.45, 2.75) is 37.6 Å². The molecule has 1 N–H and O–H groups in total. The maximum absolute atomic E-state index is 4.91. The van der Waals surface area contributed by atoms with Crippen molar-refractivity contribution in [3.63, 3.8) is 0 Å². The van der Waals surface area contributed by atoms with Crippen LogP contribution in [-0.2, 0) is 12.8 Å². The first-order valence-corrected chi connectivity index (χ1v) is 8.03. The third-order valence-electron chi connectivity index (χ3n) is 4.36. The van der Waals surface area contributed by atoms with Crippen LogP contribution < -0.4 is 5.32 Å². The Labute approximate surface area is 117 Å². The van der Waals surface area contributed by atoms with E-state index in [1.807, 2.05) is 11.3 Å². The van der Waals surface area contributed by atoms with Gasteiger partial charge in [0.25, 0.3) is 0 Å². The van der Waals surface area contributed by atoms with E-state index in [9.17, 15) is 0 Å². The van der Waals surface area contributed by atoms with Crippen LogP contribution in [0.4, 0.5) is 0 Å². The molecule has 0 spiro atoms. The van der Waals surface area contributed by atoms with Gasteiger partial charge in [-0.05, 0) is 43.4 Å². The lowest BCUT2D eigenvalue weighted by Gasteiger charge is -2.07. The van der Waals surface area contributed by atoms with Gasteiger partial charge in [-0.3, -0.25) is 0 Å². The van der Waals surface area contributed by atoms with Gasteiger partial charge in [0.05, 0.1) is 16.7 Å². The maximum atomic E-state index is 4.91. The van der Waals surface area contributed by atoms with Crippen molar-refractivity contribution in [1.82, 2.24) is 10.3 Å². The van der Waals surface area contributed by atoms with Crippen LogP contribution in [0.25, 0.3) is 0 Å². The normalized spacial score (nSPS) is 22.8. The highest BCUT2D eigenvalue weighted by Crippen LogP contribution is 2.36. The summed E-state index contributed by atoms with van der Waals surface area (Å²) in [6.07, 6.45) is 4.86. The number of hydrogen-bond acceptors (Lipinski definition) is 3. The Morgan fingerprint density at radius 1 is 1.16 bits per heavy atom. The second-order valence-electron chi connectivity index (χ2n) is 5.63. The minimum atomic E-state index is 0.508. The lowest BCUT2D eigenvalue weighted by molar-refractivity contribution is 0.623. The minimum absolute atomic E-state index is 0.508. The van der Waals surface area contributed by atoms with Crippen molar-refractivity contribution >= 4 is 11.3 Å². The summed E-state index contributed by atoms with van der Waals surface area (Å²) in [6, 6.07) is 9.34. The summed E-state index contributed by atoms with van der Waals surface area (Å²) >= 11 is 1.85. The van der Waals surface area contributed by atoms with E-state index in [0.29, 0.717) is 12.0 Å². The van der Waals surface area contributed by atoms with Gasteiger partial charge < -0.3 is 5.32 Å². The number of thiazole rings is 1. The lowest BCUT2D eigenvalue weighted by atomic mass is 10.1. The van der Waals surface area contributed by atoms with Crippen molar-refractivity contribution in [2.75, 3.05) is 6.54 Å². The van der Waals surface area contributed by atoms with Crippen LogP contribution in [0.5, 0.6) is 0 Å². The number of aromatic nitrogens is 1. The van der Waals surface area contributed by atoms with E-state index >= 15 is 0 Å². The van der Waals surface area contributed by atoms with Crippen LogP contribution in [-0.4, -0.2) is 11.5 Å². The summed E-state index contributed by atoms with van der Waals surface area (Å²) in [5.41, 5.74) is 4.31. The molecule has 0 amide bonds. The molecule has 2 aromatic rings. The number of rotatable bonds is 2. The van der Waals surface area contributed by atoms with Gasteiger partial charge in [0.1, 0.15) is 0 Å².